The van der Waals surface area contributed by atoms with Crippen LogP contribution in [0.3, 0.4) is 0 Å². The Bertz CT molecular complexity index is 911. The minimum absolute atomic E-state index is 0.0161. The van der Waals surface area contributed by atoms with Crippen LogP contribution in [-0.4, -0.2) is 27.5 Å². The lowest BCUT2D eigenvalue weighted by atomic mass is 10.1. The van der Waals surface area contributed by atoms with Gasteiger partial charge >= 0.3 is 5.97 Å². The van der Waals surface area contributed by atoms with Crippen LogP contribution >= 0.6 is 0 Å². The summed E-state index contributed by atoms with van der Waals surface area (Å²) in [5.74, 6) is -1.62. The number of rotatable bonds is 3. The standard InChI is InChI=1S/C17H16FNO4S/c1-11-9-12-5-3-4-6-15(12)19(11)24(21,22)16-10-13(17(20)23-2)7-8-14(16)18/h3-8,10-11H,9H2,1-2H3/t11-/m1/s1. The first-order valence-electron chi connectivity index (χ1n) is 7.36. The molecule has 0 aliphatic carbocycles. The van der Waals surface area contributed by atoms with Gasteiger partial charge in [-0.15, -0.1) is 0 Å². The maximum absolute atomic E-state index is 14.2. The van der Waals surface area contributed by atoms with E-state index in [4.69, 9.17) is 0 Å². The molecular weight excluding hydrogens is 333 g/mol. The molecular formula is C17H16FNO4S. The Morgan fingerprint density at radius 3 is 2.67 bits per heavy atom. The van der Waals surface area contributed by atoms with Gasteiger partial charge in [-0.05, 0) is 43.2 Å². The molecule has 1 atom stereocenters. The smallest absolute Gasteiger partial charge is 0.337 e. The molecule has 0 N–H and O–H groups in total. The molecule has 7 heteroatoms. The Kier molecular flexibility index (Phi) is 4.04. The molecule has 0 radical (unpaired) electrons. The van der Waals surface area contributed by atoms with Crippen molar-refractivity contribution in [2.24, 2.45) is 0 Å². The maximum Gasteiger partial charge on any atom is 0.337 e. The third-order valence-electron chi connectivity index (χ3n) is 4.03. The van der Waals surface area contributed by atoms with Gasteiger partial charge in [0, 0.05) is 6.04 Å². The van der Waals surface area contributed by atoms with E-state index in [9.17, 15) is 17.6 Å². The number of carbonyl (C=O) groups excluding carboxylic acids is 1. The minimum Gasteiger partial charge on any atom is -0.465 e. The molecule has 24 heavy (non-hydrogen) atoms. The summed E-state index contributed by atoms with van der Waals surface area (Å²) in [5.41, 5.74) is 1.41. The highest BCUT2D eigenvalue weighted by Crippen LogP contribution is 2.37. The van der Waals surface area contributed by atoms with Gasteiger partial charge in [0.25, 0.3) is 10.0 Å². The first-order chi connectivity index (χ1) is 11.4. The maximum atomic E-state index is 14.2. The van der Waals surface area contributed by atoms with Crippen LogP contribution in [0.25, 0.3) is 0 Å². The lowest BCUT2D eigenvalue weighted by Gasteiger charge is -2.24. The zero-order valence-corrected chi connectivity index (χ0v) is 14.0. The number of para-hydroxylation sites is 1. The first kappa shape index (κ1) is 16.4. The summed E-state index contributed by atoms with van der Waals surface area (Å²) in [4.78, 5) is 11.1. The van der Waals surface area contributed by atoms with Crippen molar-refractivity contribution >= 4 is 21.7 Å². The molecule has 2 aromatic rings. The van der Waals surface area contributed by atoms with Crippen molar-refractivity contribution < 1.29 is 22.3 Å². The van der Waals surface area contributed by atoms with Crippen molar-refractivity contribution in [3.63, 3.8) is 0 Å². The largest absolute Gasteiger partial charge is 0.465 e. The Morgan fingerprint density at radius 1 is 1.25 bits per heavy atom. The molecule has 0 aromatic heterocycles. The average Bonchev–Trinajstić information content (AvgIpc) is 2.90. The molecule has 126 valence electrons. The second-order valence-corrected chi connectivity index (χ2v) is 7.40. The number of hydrogen-bond donors (Lipinski definition) is 0. The molecule has 1 aliphatic rings. The fourth-order valence-electron chi connectivity index (χ4n) is 2.96. The van der Waals surface area contributed by atoms with E-state index in [1.165, 1.54) is 17.5 Å². The molecule has 2 aromatic carbocycles. The molecule has 1 heterocycles. The number of halogens is 1. The topological polar surface area (TPSA) is 63.7 Å². The van der Waals surface area contributed by atoms with Crippen molar-refractivity contribution in [1.82, 2.24) is 0 Å². The van der Waals surface area contributed by atoms with Crippen molar-refractivity contribution in [2.75, 3.05) is 11.4 Å². The number of benzene rings is 2. The van der Waals surface area contributed by atoms with Crippen LogP contribution in [0.4, 0.5) is 10.1 Å². The molecule has 0 saturated heterocycles. The van der Waals surface area contributed by atoms with Crippen LogP contribution in [0.15, 0.2) is 47.4 Å². The lowest BCUT2D eigenvalue weighted by molar-refractivity contribution is 0.0600. The number of fused-ring (bicyclic) bond motifs is 1. The minimum atomic E-state index is -4.15. The van der Waals surface area contributed by atoms with E-state index in [0.717, 1.165) is 17.7 Å². The number of esters is 1. The summed E-state index contributed by atoms with van der Waals surface area (Å²) in [7, 11) is -2.97. The van der Waals surface area contributed by atoms with Gasteiger partial charge in [0.15, 0.2) is 0 Å². The summed E-state index contributed by atoms with van der Waals surface area (Å²) < 4.78 is 46.1. The fraction of sp³-hybridized carbons (Fsp3) is 0.235. The average molecular weight is 349 g/mol. The molecule has 5 nitrogen and oxygen atoms in total. The van der Waals surface area contributed by atoms with Gasteiger partial charge in [-0.25, -0.2) is 17.6 Å². The predicted octanol–water partition coefficient (Wildman–Crippen LogP) is 2.75. The summed E-state index contributed by atoms with van der Waals surface area (Å²) in [6.45, 7) is 1.76. The van der Waals surface area contributed by atoms with E-state index < -0.39 is 26.7 Å². The molecule has 0 saturated carbocycles. The van der Waals surface area contributed by atoms with Crippen LogP contribution in [-0.2, 0) is 21.2 Å². The molecule has 0 amide bonds. The van der Waals surface area contributed by atoms with E-state index in [1.807, 2.05) is 12.1 Å². The number of methoxy groups -OCH3 is 1. The second-order valence-electron chi connectivity index (χ2n) is 5.62. The third-order valence-corrected chi connectivity index (χ3v) is 5.98. The zero-order chi connectivity index (χ0) is 17.5. The number of anilines is 1. The third kappa shape index (κ3) is 2.54. The monoisotopic (exact) mass is 349 g/mol. The summed E-state index contributed by atoms with van der Waals surface area (Å²) in [5, 5.41) is 0. The number of carbonyl (C=O) groups is 1. The van der Waals surface area contributed by atoms with Crippen molar-refractivity contribution in [1.29, 1.82) is 0 Å². The van der Waals surface area contributed by atoms with E-state index in [2.05, 4.69) is 4.74 Å². The van der Waals surface area contributed by atoms with Crippen LogP contribution in [0.1, 0.15) is 22.8 Å². The highest BCUT2D eigenvalue weighted by molar-refractivity contribution is 7.92. The molecule has 0 spiro atoms. The van der Waals surface area contributed by atoms with E-state index in [1.54, 1.807) is 19.1 Å². The second kappa shape index (κ2) is 5.90. The normalized spacial score (nSPS) is 16.8. The molecule has 1 aliphatic heterocycles. The van der Waals surface area contributed by atoms with Gasteiger partial charge in [-0.2, -0.15) is 0 Å². The van der Waals surface area contributed by atoms with Crippen LogP contribution < -0.4 is 4.31 Å². The quantitative estimate of drug-likeness (QED) is 0.800. The fourth-order valence-corrected chi connectivity index (χ4v) is 4.74. The van der Waals surface area contributed by atoms with Crippen molar-refractivity contribution in [3.05, 3.63) is 59.4 Å². The number of nitrogens with zero attached hydrogens (tertiary/aromatic N) is 1. The Balaban J connectivity index is 2.14. The molecule has 0 bridgehead atoms. The lowest BCUT2D eigenvalue weighted by Crippen LogP contribution is -2.36. The van der Waals surface area contributed by atoms with E-state index in [0.29, 0.717) is 12.1 Å². The highest BCUT2D eigenvalue weighted by atomic mass is 32.2. The first-order valence-corrected chi connectivity index (χ1v) is 8.80. The van der Waals surface area contributed by atoms with Crippen LogP contribution in [0.2, 0.25) is 0 Å². The molecule has 0 unspecified atom stereocenters. The molecule has 3 rings (SSSR count). The van der Waals surface area contributed by atoms with Gasteiger partial charge in [-0.3, -0.25) is 4.31 Å². The van der Waals surface area contributed by atoms with Crippen molar-refractivity contribution in [2.45, 2.75) is 24.3 Å². The summed E-state index contributed by atoms with van der Waals surface area (Å²) in [6.07, 6.45) is 0.549. The molecule has 0 fully saturated rings. The van der Waals surface area contributed by atoms with Gasteiger partial charge in [0.2, 0.25) is 0 Å². The summed E-state index contributed by atoms with van der Waals surface area (Å²) in [6, 6.07) is 9.95. The zero-order valence-electron chi connectivity index (χ0n) is 13.2. The summed E-state index contributed by atoms with van der Waals surface area (Å²) >= 11 is 0. The van der Waals surface area contributed by atoms with Crippen LogP contribution in [0, 0.1) is 5.82 Å². The van der Waals surface area contributed by atoms with Gasteiger partial charge in [0.1, 0.15) is 10.7 Å². The van der Waals surface area contributed by atoms with Crippen molar-refractivity contribution in [3.8, 4) is 0 Å². The van der Waals surface area contributed by atoms with Gasteiger partial charge < -0.3 is 4.74 Å². The number of ether oxygens (including phenoxy) is 1. The highest BCUT2D eigenvalue weighted by Gasteiger charge is 2.37. The van der Waals surface area contributed by atoms with E-state index in [-0.39, 0.29) is 11.6 Å². The van der Waals surface area contributed by atoms with Gasteiger partial charge in [0.05, 0.1) is 18.4 Å². The number of sulfonamides is 1. The van der Waals surface area contributed by atoms with Gasteiger partial charge in [-0.1, -0.05) is 18.2 Å². The Labute approximate surface area is 139 Å². The van der Waals surface area contributed by atoms with E-state index >= 15 is 0 Å². The Morgan fingerprint density at radius 2 is 1.96 bits per heavy atom. The number of hydrogen-bond acceptors (Lipinski definition) is 4. The predicted molar refractivity (Wildman–Crippen MR) is 87.0 cm³/mol. The SMILES string of the molecule is COC(=O)c1ccc(F)c(S(=O)(=O)N2c3ccccc3C[C@H]2C)c1. The Hall–Kier alpha value is -2.41. The van der Waals surface area contributed by atoms with Crippen LogP contribution in [0.5, 0.6) is 0 Å².